The van der Waals surface area contributed by atoms with Gasteiger partial charge >= 0.3 is 0 Å². The molecule has 1 heterocycles. The number of para-hydroxylation sites is 1. The molecule has 0 aliphatic heterocycles. The second-order valence-electron chi connectivity index (χ2n) is 6.50. The predicted octanol–water partition coefficient (Wildman–Crippen LogP) is 3.52. The molecule has 0 aliphatic carbocycles. The fourth-order valence-electron chi connectivity index (χ4n) is 2.98. The van der Waals surface area contributed by atoms with Crippen molar-refractivity contribution in [1.29, 1.82) is 0 Å². The van der Waals surface area contributed by atoms with Crippen molar-refractivity contribution in [2.24, 2.45) is 0 Å². The predicted molar refractivity (Wildman–Crippen MR) is 107 cm³/mol. The van der Waals surface area contributed by atoms with Crippen molar-refractivity contribution in [2.45, 2.75) is 20.4 Å². The largest absolute Gasteiger partial charge is 0.342 e. The van der Waals surface area contributed by atoms with Crippen molar-refractivity contribution in [3.8, 4) is 0 Å². The number of carbonyl (C=O) groups excluding carboxylic acids is 2. The average molecular weight is 361 g/mol. The highest BCUT2D eigenvalue weighted by atomic mass is 16.2. The van der Waals surface area contributed by atoms with Gasteiger partial charge in [-0.3, -0.25) is 9.59 Å². The molecule has 5 nitrogen and oxygen atoms in total. The van der Waals surface area contributed by atoms with Crippen molar-refractivity contribution >= 4 is 17.5 Å². The Kier molecular flexibility index (Phi) is 5.71. The first kappa shape index (κ1) is 18.5. The summed E-state index contributed by atoms with van der Waals surface area (Å²) in [5.74, 6) is -0.519. The van der Waals surface area contributed by atoms with Crippen molar-refractivity contribution < 1.29 is 9.59 Å². The highest BCUT2D eigenvalue weighted by Gasteiger charge is 2.13. The SMILES string of the molecule is Cc1cccc(C)c1NC(=O)CNC(=O)c1cccn1Cc1ccccc1. The normalized spacial score (nSPS) is 10.4. The zero-order valence-corrected chi connectivity index (χ0v) is 15.5. The van der Waals surface area contributed by atoms with Crippen molar-refractivity contribution in [2.75, 3.05) is 11.9 Å². The highest BCUT2D eigenvalue weighted by Crippen LogP contribution is 2.19. The maximum absolute atomic E-state index is 12.5. The first-order valence-electron chi connectivity index (χ1n) is 8.88. The number of hydrogen-bond acceptors (Lipinski definition) is 2. The molecular weight excluding hydrogens is 338 g/mol. The second-order valence-corrected chi connectivity index (χ2v) is 6.50. The molecule has 0 radical (unpaired) electrons. The number of nitrogens with zero attached hydrogens (tertiary/aromatic N) is 1. The minimum Gasteiger partial charge on any atom is -0.342 e. The van der Waals surface area contributed by atoms with Crippen LogP contribution >= 0.6 is 0 Å². The molecule has 0 aliphatic rings. The van der Waals surface area contributed by atoms with Gasteiger partial charge in [-0.15, -0.1) is 0 Å². The summed E-state index contributed by atoms with van der Waals surface area (Å²) < 4.78 is 1.87. The third-order valence-corrected chi connectivity index (χ3v) is 4.41. The summed E-state index contributed by atoms with van der Waals surface area (Å²) in [6, 6.07) is 19.3. The van der Waals surface area contributed by atoms with Crippen LogP contribution < -0.4 is 10.6 Å². The van der Waals surface area contributed by atoms with Gasteiger partial charge in [0, 0.05) is 18.4 Å². The Labute approximate surface area is 159 Å². The Morgan fingerprint density at radius 1 is 0.889 bits per heavy atom. The van der Waals surface area contributed by atoms with E-state index in [0.29, 0.717) is 12.2 Å². The summed E-state index contributed by atoms with van der Waals surface area (Å²) >= 11 is 0. The maximum atomic E-state index is 12.5. The smallest absolute Gasteiger partial charge is 0.268 e. The van der Waals surface area contributed by atoms with E-state index in [2.05, 4.69) is 10.6 Å². The number of aryl methyl sites for hydroxylation is 2. The molecule has 3 aromatic rings. The Balaban J connectivity index is 1.60. The summed E-state index contributed by atoms with van der Waals surface area (Å²) in [6.45, 7) is 4.41. The highest BCUT2D eigenvalue weighted by molar-refractivity contribution is 5.99. The van der Waals surface area contributed by atoms with Gasteiger partial charge in [0.25, 0.3) is 5.91 Å². The number of amides is 2. The van der Waals surface area contributed by atoms with E-state index in [1.807, 2.05) is 79.2 Å². The number of benzene rings is 2. The summed E-state index contributed by atoms with van der Waals surface area (Å²) in [5.41, 5.74) is 4.41. The molecule has 0 bridgehead atoms. The number of aromatic nitrogens is 1. The summed E-state index contributed by atoms with van der Waals surface area (Å²) in [5, 5.41) is 5.57. The van der Waals surface area contributed by atoms with Gasteiger partial charge in [-0.1, -0.05) is 48.5 Å². The van der Waals surface area contributed by atoms with Crippen LogP contribution in [0.2, 0.25) is 0 Å². The molecule has 0 unspecified atom stereocenters. The van der Waals surface area contributed by atoms with Crippen LogP contribution in [0.1, 0.15) is 27.2 Å². The topological polar surface area (TPSA) is 63.1 Å². The fraction of sp³-hybridized carbons (Fsp3) is 0.182. The van der Waals surface area contributed by atoms with Crippen LogP contribution in [0.25, 0.3) is 0 Å². The molecule has 0 fully saturated rings. The van der Waals surface area contributed by atoms with E-state index in [0.717, 1.165) is 22.4 Å². The third-order valence-electron chi connectivity index (χ3n) is 4.41. The number of rotatable bonds is 6. The van der Waals surface area contributed by atoms with E-state index in [1.54, 1.807) is 6.07 Å². The van der Waals surface area contributed by atoms with Gasteiger partial charge in [0.15, 0.2) is 0 Å². The summed E-state index contributed by atoms with van der Waals surface area (Å²) in [4.78, 5) is 24.7. The fourth-order valence-corrected chi connectivity index (χ4v) is 2.98. The first-order chi connectivity index (χ1) is 13.0. The molecule has 2 N–H and O–H groups in total. The Morgan fingerprint density at radius 3 is 2.30 bits per heavy atom. The third kappa shape index (κ3) is 4.64. The standard InChI is InChI=1S/C22H23N3O2/c1-16-8-6-9-17(2)21(16)24-20(26)14-23-22(27)19-12-7-13-25(19)15-18-10-4-3-5-11-18/h3-13H,14-15H2,1-2H3,(H,23,27)(H,24,26). The van der Waals surface area contributed by atoms with Crippen molar-refractivity contribution in [3.63, 3.8) is 0 Å². The monoisotopic (exact) mass is 361 g/mol. The molecule has 138 valence electrons. The molecule has 2 amide bonds. The molecule has 0 saturated carbocycles. The van der Waals surface area contributed by atoms with Crippen LogP contribution in [0, 0.1) is 13.8 Å². The van der Waals surface area contributed by atoms with Gasteiger partial charge in [0.2, 0.25) is 5.91 Å². The number of nitrogens with one attached hydrogen (secondary N) is 2. The Bertz CT molecular complexity index is 925. The van der Waals surface area contributed by atoms with E-state index in [4.69, 9.17) is 0 Å². The van der Waals surface area contributed by atoms with Crippen LogP contribution in [0.3, 0.4) is 0 Å². The molecular formula is C22H23N3O2. The lowest BCUT2D eigenvalue weighted by Gasteiger charge is -2.13. The van der Waals surface area contributed by atoms with E-state index >= 15 is 0 Å². The van der Waals surface area contributed by atoms with E-state index in [1.165, 1.54) is 0 Å². The molecule has 3 rings (SSSR count). The quantitative estimate of drug-likeness (QED) is 0.706. The number of hydrogen-bond donors (Lipinski definition) is 2. The lowest BCUT2D eigenvalue weighted by Crippen LogP contribution is -2.34. The first-order valence-corrected chi connectivity index (χ1v) is 8.88. The van der Waals surface area contributed by atoms with Crippen LogP contribution in [0.4, 0.5) is 5.69 Å². The lowest BCUT2D eigenvalue weighted by atomic mass is 10.1. The number of anilines is 1. The Hall–Kier alpha value is -3.34. The molecule has 2 aromatic carbocycles. The van der Waals surface area contributed by atoms with Crippen LogP contribution in [0.5, 0.6) is 0 Å². The van der Waals surface area contributed by atoms with E-state index in [-0.39, 0.29) is 18.4 Å². The molecule has 0 spiro atoms. The maximum Gasteiger partial charge on any atom is 0.268 e. The second kappa shape index (κ2) is 8.36. The van der Waals surface area contributed by atoms with Gasteiger partial charge in [-0.2, -0.15) is 0 Å². The molecule has 0 atom stereocenters. The van der Waals surface area contributed by atoms with Gasteiger partial charge in [0.05, 0.1) is 6.54 Å². The lowest BCUT2D eigenvalue weighted by molar-refractivity contribution is -0.115. The van der Waals surface area contributed by atoms with Crippen molar-refractivity contribution in [1.82, 2.24) is 9.88 Å². The average Bonchev–Trinajstić information content (AvgIpc) is 3.12. The van der Waals surface area contributed by atoms with E-state index in [9.17, 15) is 9.59 Å². The minimum absolute atomic E-state index is 0.0802. The van der Waals surface area contributed by atoms with Crippen LogP contribution in [-0.2, 0) is 11.3 Å². The van der Waals surface area contributed by atoms with Crippen LogP contribution in [-0.4, -0.2) is 22.9 Å². The minimum atomic E-state index is -0.271. The van der Waals surface area contributed by atoms with Gasteiger partial charge in [-0.05, 0) is 42.7 Å². The summed E-state index contributed by atoms with van der Waals surface area (Å²) in [7, 11) is 0. The Morgan fingerprint density at radius 2 is 1.59 bits per heavy atom. The molecule has 1 aromatic heterocycles. The van der Waals surface area contributed by atoms with Gasteiger partial charge in [-0.25, -0.2) is 0 Å². The molecule has 27 heavy (non-hydrogen) atoms. The van der Waals surface area contributed by atoms with E-state index < -0.39 is 0 Å². The summed E-state index contributed by atoms with van der Waals surface area (Å²) in [6.07, 6.45) is 1.86. The number of carbonyl (C=O) groups is 2. The molecule has 5 heteroatoms. The zero-order valence-electron chi connectivity index (χ0n) is 15.5. The van der Waals surface area contributed by atoms with Gasteiger partial charge in [0.1, 0.15) is 5.69 Å². The molecule has 0 saturated heterocycles. The van der Waals surface area contributed by atoms with Crippen molar-refractivity contribution in [3.05, 3.63) is 89.2 Å². The zero-order chi connectivity index (χ0) is 19.2. The van der Waals surface area contributed by atoms with Gasteiger partial charge < -0.3 is 15.2 Å². The van der Waals surface area contributed by atoms with Crippen LogP contribution in [0.15, 0.2) is 66.9 Å².